The van der Waals surface area contributed by atoms with Crippen LogP contribution in [0.3, 0.4) is 0 Å². The molecule has 0 bridgehead atoms. The summed E-state index contributed by atoms with van der Waals surface area (Å²) in [6, 6.07) is 4.21. The highest BCUT2D eigenvalue weighted by atomic mass is 31.2. The van der Waals surface area contributed by atoms with E-state index in [2.05, 4.69) is 53.6 Å². The van der Waals surface area contributed by atoms with Crippen LogP contribution in [0.1, 0.15) is 64.1 Å². The second-order valence-electron chi connectivity index (χ2n) is 13.4. The Labute approximate surface area is 319 Å². The van der Waals surface area contributed by atoms with Gasteiger partial charge in [0.15, 0.2) is 0 Å². The summed E-state index contributed by atoms with van der Waals surface area (Å²) in [6.07, 6.45) is 5.74. The maximum Gasteiger partial charge on any atom is 0.469 e. The lowest BCUT2D eigenvalue weighted by Gasteiger charge is -2.27. The smallest absolute Gasteiger partial charge is 0.394 e. The van der Waals surface area contributed by atoms with E-state index in [-0.39, 0.29) is 31.6 Å². The maximum atomic E-state index is 13.7. The van der Waals surface area contributed by atoms with Crippen LogP contribution >= 0.6 is 7.82 Å². The molecule has 0 unspecified atom stereocenters. The van der Waals surface area contributed by atoms with Crippen molar-refractivity contribution in [2.24, 2.45) is 17.5 Å². The number of imidazole rings is 1. The maximum absolute atomic E-state index is 13.7. The lowest BCUT2D eigenvalue weighted by molar-refractivity contribution is -0.278. The quantitative estimate of drug-likeness (QED) is 0.0224. The molecule has 55 heavy (non-hydrogen) atoms. The van der Waals surface area contributed by atoms with E-state index >= 15 is 0 Å². The van der Waals surface area contributed by atoms with Gasteiger partial charge in [-0.3, -0.25) is 28.5 Å². The number of quaternary nitrogens is 1. The Bertz CT molecular complexity index is 1610. The van der Waals surface area contributed by atoms with Gasteiger partial charge in [-0.2, -0.15) is 0 Å². The number of hydrogen-bond donors (Lipinski definition) is 11. The summed E-state index contributed by atoms with van der Waals surface area (Å²) in [6.45, 7) is 4.35. The minimum absolute atomic E-state index is 0.00356. The van der Waals surface area contributed by atoms with Gasteiger partial charge in [0.1, 0.15) is 30.4 Å². The van der Waals surface area contributed by atoms with Crippen molar-refractivity contribution in [3.8, 4) is 0 Å². The number of benzene rings is 1. The van der Waals surface area contributed by atoms with E-state index in [0.717, 1.165) is 26.2 Å². The van der Waals surface area contributed by atoms with Crippen LogP contribution < -0.4 is 38.6 Å². The van der Waals surface area contributed by atoms with Gasteiger partial charge in [0, 0.05) is 37.7 Å². The van der Waals surface area contributed by atoms with E-state index in [1.54, 1.807) is 11.2 Å². The van der Waals surface area contributed by atoms with Crippen LogP contribution in [-0.2, 0) is 45.9 Å². The number of amides is 5. The number of unbranched alkanes of at least 4 members (excludes halogenated alkanes) is 1. The molecule has 21 heteroatoms. The molecule has 306 valence electrons. The number of H-pyrrole nitrogens is 1. The zero-order chi connectivity index (χ0) is 41.1. The molecule has 1 aromatic carbocycles. The summed E-state index contributed by atoms with van der Waals surface area (Å²) < 4.78 is 15.7. The Hall–Kier alpha value is -4.69. The summed E-state index contributed by atoms with van der Waals surface area (Å²) in [5, 5.41) is 21.3. The van der Waals surface area contributed by atoms with Gasteiger partial charge >= 0.3 is 7.82 Å². The van der Waals surface area contributed by atoms with E-state index in [1.165, 1.54) is 18.1 Å². The molecule has 5 atom stereocenters. The van der Waals surface area contributed by atoms with Crippen LogP contribution in [-0.4, -0.2) is 103 Å². The molecular formula is C34H56N10O10P+. The first kappa shape index (κ1) is 46.5. The van der Waals surface area contributed by atoms with Gasteiger partial charge in [-0.1, -0.05) is 44.2 Å². The van der Waals surface area contributed by atoms with Gasteiger partial charge < -0.3 is 57.6 Å². The third-order valence-corrected chi connectivity index (χ3v) is 8.94. The SMILES string of the molecule is CC(C)C[C@H](NC(=O)CC/C(=C/[NH3+])N(N)CCCCc1ccccc1)C(=O)N[C@@H](Cc1cnc[nH]1)C(=O)N[C@@H](CO)C(=O)N[C@H](C(N)=O)[C@@H](C)OP(=O)(O)O. The Balaban J connectivity index is 2.09. The van der Waals surface area contributed by atoms with Crippen molar-refractivity contribution >= 4 is 37.4 Å². The Morgan fingerprint density at radius 1 is 0.964 bits per heavy atom. The number of carbonyl (C=O) groups excluding carboxylic acids is 5. The molecule has 0 aliphatic heterocycles. The summed E-state index contributed by atoms with van der Waals surface area (Å²) in [5.41, 5.74) is 11.4. The number of phosphoric ester groups is 1. The second kappa shape index (κ2) is 23.3. The van der Waals surface area contributed by atoms with Crippen molar-refractivity contribution in [2.75, 3.05) is 13.2 Å². The molecule has 0 aliphatic carbocycles. The van der Waals surface area contributed by atoms with E-state index in [0.29, 0.717) is 17.9 Å². The molecule has 0 spiro atoms. The van der Waals surface area contributed by atoms with Crippen LogP contribution in [0.4, 0.5) is 0 Å². The highest BCUT2D eigenvalue weighted by molar-refractivity contribution is 7.46. The topological polar surface area (TPSA) is 332 Å². The summed E-state index contributed by atoms with van der Waals surface area (Å²) in [7, 11) is -5.09. The van der Waals surface area contributed by atoms with E-state index in [1.807, 2.05) is 32.0 Å². The monoisotopic (exact) mass is 795 g/mol. The van der Waals surface area contributed by atoms with Gasteiger partial charge in [-0.05, 0) is 44.1 Å². The van der Waals surface area contributed by atoms with Crippen molar-refractivity contribution in [3.63, 3.8) is 0 Å². The third kappa shape index (κ3) is 17.5. The number of primary amides is 1. The normalized spacial score (nSPS) is 14.6. The summed E-state index contributed by atoms with van der Waals surface area (Å²) >= 11 is 0. The molecule has 0 aliphatic rings. The lowest BCUT2D eigenvalue weighted by Crippen LogP contribution is -2.60. The average molecular weight is 796 g/mol. The number of aliphatic hydroxyl groups excluding tert-OH is 1. The van der Waals surface area contributed by atoms with Crippen molar-refractivity contribution < 1.29 is 53.7 Å². The fourth-order valence-corrected chi connectivity index (χ4v) is 6.04. The number of rotatable bonds is 25. The summed E-state index contributed by atoms with van der Waals surface area (Å²) in [4.78, 5) is 90.2. The zero-order valence-corrected chi connectivity index (χ0v) is 32.2. The number of phosphoric acid groups is 1. The number of hydrazine groups is 1. The summed E-state index contributed by atoms with van der Waals surface area (Å²) in [5.74, 6) is 1.79. The van der Waals surface area contributed by atoms with E-state index in [4.69, 9.17) is 21.4 Å². The predicted molar refractivity (Wildman–Crippen MR) is 199 cm³/mol. The number of aliphatic hydroxyl groups is 1. The molecule has 2 rings (SSSR count). The number of aromatic amines is 1. The van der Waals surface area contributed by atoms with Gasteiger partial charge in [0.2, 0.25) is 29.5 Å². The van der Waals surface area contributed by atoms with E-state index < -0.39 is 74.2 Å². The van der Waals surface area contributed by atoms with Crippen molar-refractivity contribution in [3.05, 3.63) is 66.0 Å². The molecule has 1 aromatic heterocycles. The second-order valence-corrected chi connectivity index (χ2v) is 14.5. The first-order valence-electron chi connectivity index (χ1n) is 17.8. The number of nitrogens with zero attached hydrogens (tertiary/aromatic N) is 2. The first-order chi connectivity index (χ1) is 25.9. The number of nitrogens with two attached hydrogens (primary N) is 2. The fraction of sp³-hybridized carbons (Fsp3) is 0.529. The molecule has 0 radical (unpaired) electrons. The van der Waals surface area contributed by atoms with Crippen LogP contribution in [0.15, 0.2) is 54.8 Å². The molecular weight excluding hydrogens is 739 g/mol. The molecule has 15 N–H and O–H groups in total. The Morgan fingerprint density at radius 2 is 1.60 bits per heavy atom. The molecule has 1 heterocycles. The molecule has 0 saturated carbocycles. The third-order valence-electron chi connectivity index (χ3n) is 8.33. The zero-order valence-electron chi connectivity index (χ0n) is 31.3. The Kier molecular flexibility index (Phi) is 19.7. The number of carbonyl (C=O) groups is 5. The van der Waals surface area contributed by atoms with Crippen LogP contribution in [0.25, 0.3) is 0 Å². The number of hydrogen-bond acceptors (Lipinski definition) is 11. The fourth-order valence-electron chi connectivity index (χ4n) is 5.49. The highest BCUT2D eigenvalue weighted by Gasteiger charge is 2.35. The van der Waals surface area contributed by atoms with Crippen molar-refractivity contribution in [2.45, 2.75) is 96.0 Å². The molecule has 0 fully saturated rings. The first-order valence-corrected chi connectivity index (χ1v) is 19.3. The standard InChI is InChI=1S/C34H55N10O10P/c1-21(2)15-26(40-29(46)13-12-25(17-35)44(37)14-8-7-11-23-9-5-4-6-10-23)32(48)41-27(16-24-18-38-20-39-24)33(49)42-28(19-45)34(50)43-30(31(36)47)22(3)54-55(51,52)53/h4-6,9-10,17-18,20-22,26-28,30,45H,7-8,11-16,19,35,37H2,1-3H3,(H2,36,47)(H,38,39)(H,40,46)(H,41,48)(H,42,49)(H,43,50)(H2,51,52,53)/p+1/b25-17-/t22-,26+,27+,28+,30+/m1/s1. The van der Waals surface area contributed by atoms with Crippen molar-refractivity contribution in [1.29, 1.82) is 0 Å². The lowest BCUT2D eigenvalue weighted by atomic mass is 10.0. The van der Waals surface area contributed by atoms with Crippen LogP contribution in [0.5, 0.6) is 0 Å². The van der Waals surface area contributed by atoms with E-state index in [9.17, 15) is 33.6 Å². The largest absolute Gasteiger partial charge is 0.469 e. The van der Waals surface area contributed by atoms with Gasteiger partial charge in [-0.15, -0.1) is 0 Å². The van der Waals surface area contributed by atoms with Gasteiger partial charge in [0.05, 0.1) is 24.7 Å². The van der Waals surface area contributed by atoms with Crippen molar-refractivity contribution in [1.82, 2.24) is 36.2 Å². The molecule has 2 aromatic rings. The minimum Gasteiger partial charge on any atom is -0.394 e. The predicted octanol–water partition coefficient (Wildman–Crippen LogP) is -2.02. The minimum atomic E-state index is -5.09. The van der Waals surface area contributed by atoms with Crippen LogP contribution in [0, 0.1) is 5.92 Å². The van der Waals surface area contributed by atoms with Crippen LogP contribution in [0.2, 0.25) is 0 Å². The number of aryl methyl sites for hydroxylation is 1. The molecule has 20 nitrogen and oxygen atoms in total. The molecule has 0 saturated heterocycles. The average Bonchev–Trinajstić information content (AvgIpc) is 3.63. The van der Waals surface area contributed by atoms with Gasteiger partial charge in [0.25, 0.3) is 0 Å². The number of aromatic nitrogens is 2. The number of allylic oxidation sites excluding steroid dienone is 1. The van der Waals surface area contributed by atoms with Gasteiger partial charge in [-0.25, -0.2) is 15.4 Å². The highest BCUT2D eigenvalue weighted by Crippen LogP contribution is 2.38. The molecule has 5 amide bonds. The Morgan fingerprint density at radius 3 is 2.16 bits per heavy atom. The number of nitrogens with one attached hydrogen (secondary N) is 5.